The number of carbonyl (C=O) groups excluding carboxylic acids is 2. The lowest BCUT2D eigenvalue weighted by molar-refractivity contribution is -0.123. The van der Waals surface area contributed by atoms with Gasteiger partial charge in [0.05, 0.1) is 11.4 Å². The highest BCUT2D eigenvalue weighted by Gasteiger charge is 2.34. The van der Waals surface area contributed by atoms with Gasteiger partial charge in [0.1, 0.15) is 12.4 Å². The standard InChI is InChI=1S/C20H16INO3S/c1-2-11-25-17-9-5-14(6-10-17)12-18-19(23)22(20(24)26-18)13-15-3-7-16(21)8-4-15/h2-10,12H,1,11,13H2/b18-12+. The molecule has 1 heterocycles. The van der Waals surface area contributed by atoms with Crippen LogP contribution in [-0.2, 0) is 11.3 Å². The van der Waals surface area contributed by atoms with E-state index in [-0.39, 0.29) is 17.7 Å². The summed E-state index contributed by atoms with van der Waals surface area (Å²) in [5.41, 5.74) is 1.77. The number of hydrogen-bond donors (Lipinski definition) is 0. The molecule has 2 amide bonds. The summed E-state index contributed by atoms with van der Waals surface area (Å²) in [5.74, 6) is 0.472. The van der Waals surface area contributed by atoms with E-state index in [4.69, 9.17) is 4.74 Å². The van der Waals surface area contributed by atoms with Crippen molar-refractivity contribution in [2.24, 2.45) is 0 Å². The number of halogens is 1. The van der Waals surface area contributed by atoms with Gasteiger partial charge < -0.3 is 4.74 Å². The Balaban J connectivity index is 1.72. The van der Waals surface area contributed by atoms with Crippen molar-refractivity contribution in [2.45, 2.75) is 6.54 Å². The first-order chi connectivity index (χ1) is 12.6. The lowest BCUT2D eigenvalue weighted by Crippen LogP contribution is -2.27. The summed E-state index contributed by atoms with van der Waals surface area (Å²) in [4.78, 5) is 26.5. The molecule has 1 aliphatic rings. The van der Waals surface area contributed by atoms with E-state index in [1.165, 1.54) is 4.90 Å². The largest absolute Gasteiger partial charge is 0.490 e. The molecule has 0 aromatic heterocycles. The molecular weight excluding hydrogens is 461 g/mol. The maximum Gasteiger partial charge on any atom is 0.293 e. The minimum Gasteiger partial charge on any atom is -0.490 e. The zero-order chi connectivity index (χ0) is 18.5. The Morgan fingerprint density at radius 1 is 1.08 bits per heavy atom. The van der Waals surface area contributed by atoms with Crippen molar-refractivity contribution < 1.29 is 14.3 Å². The number of hydrogen-bond acceptors (Lipinski definition) is 4. The number of benzene rings is 2. The number of carbonyl (C=O) groups is 2. The minimum atomic E-state index is -0.259. The summed E-state index contributed by atoms with van der Waals surface area (Å²) < 4.78 is 6.55. The molecule has 0 N–H and O–H groups in total. The van der Waals surface area contributed by atoms with Crippen LogP contribution in [0.1, 0.15) is 11.1 Å². The molecule has 1 fully saturated rings. The van der Waals surface area contributed by atoms with Gasteiger partial charge in [-0.05, 0) is 75.8 Å². The maximum absolute atomic E-state index is 12.6. The van der Waals surface area contributed by atoms with Crippen molar-refractivity contribution in [1.29, 1.82) is 0 Å². The minimum absolute atomic E-state index is 0.245. The molecule has 3 rings (SSSR count). The lowest BCUT2D eigenvalue weighted by atomic mass is 10.2. The predicted octanol–water partition coefficient (Wildman–Crippen LogP) is 5.09. The average molecular weight is 477 g/mol. The molecule has 6 heteroatoms. The van der Waals surface area contributed by atoms with Crippen LogP contribution < -0.4 is 4.74 Å². The Bertz CT molecular complexity index is 860. The summed E-state index contributed by atoms with van der Waals surface area (Å²) in [5, 5.41) is -0.245. The zero-order valence-corrected chi connectivity index (χ0v) is 16.8. The molecule has 0 unspecified atom stereocenters. The van der Waals surface area contributed by atoms with Gasteiger partial charge in [-0.1, -0.05) is 36.9 Å². The molecule has 2 aromatic rings. The van der Waals surface area contributed by atoms with E-state index < -0.39 is 0 Å². The number of thioether (sulfide) groups is 1. The van der Waals surface area contributed by atoms with Crippen LogP contribution in [0.4, 0.5) is 4.79 Å². The van der Waals surface area contributed by atoms with Crippen LogP contribution in [0.3, 0.4) is 0 Å². The molecule has 0 spiro atoms. The molecule has 0 aliphatic carbocycles. The summed E-state index contributed by atoms with van der Waals surface area (Å²) >= 11 is 3.19. The SMILES string of the molecule is C=CCOc1ccc(/C=C2/SC(=O)N(Cc3ccc(I)cc3)C2=O)cc1. The fourth-order valence-corrected chi connectivity index (χ4v) is 3.57. The third kappa shape index (κ3) is 4.56. The van der Waals surface area contributed by atoms with Gasteiger partial charge in [0.2, 0.25) is 0 Å². The molecule has 0 saturated carbocycles. The Morgan fingerprint density at radius 3 is 2.42 bits per heavy atom. The smallest absolute Gasteiger partial charge is 0.293 e. The topological polar surface area (TPSA) is 46.6 Å². The van der Waals surface area contributed by atoms with Gasteiger partial charge >= 0.3 is 0 Å². The fourth-order valence-electron chi connectivity index (χ4n) is 2.38. The van der Waals surface area contributed by atoms with Crippen LogP contribution in [0, 0.1) is 3.57 Å². The van der Waals surface area contributed by atoms with Gasteiger partial charge in [0.15, 0.2) is 0 Å². The third-order valence-corrected chi connectivity index (χ3v) is 5.30. The van der Waals surface area contributed by atoms with Crippen LogP contribution in [0.5, 0.6) is 5.75 Å². The Morgan fingerprint density at radius 2 is 1.77 bits per heavy atom. The molecule has 26 heavy (non-hydrogen) atoms. The molecule has 2 aromatic carbocycles. The van der Waals surface area contributed by atoms with Crippen molar-refractivity contribution in [2.75, 3.05) is 6.61 Å². The number of imide groups is 1. The Hall–Kier alpha value is -2.06. The average Bonchev–Trinajstić information content (AvgIpc) is 2.90. The van der Waals surface area contributed by atoms with Crippen molar-refractivity contribution in [3.05, 3.63) is 80.8 Å². The molecule has 1 aliphatic heterocycles. The first-order valence-electron chi connectivity index (χ1n) is 7.90. The highest BCUT2D eigenvalue weighted by molar-refractivity contribution is 14.1. The van der Waals surface area contributed by atoms with Crippen molar-refractivity contribution in [3.63, 3.8) is 0 Å². The molecule has 1 saturated heterocycles. The first-order valence-corrected chi connectivity index (χ1v) is 9.80. The van der Waals surface area contributed by atoms with Gasteiger partial charge in [0.25, 0.3) is 11.1 Å². The highest BCUT2D eigenvalue weighted by atomic mass is 127. The summed E-state index contributed by atoms with van der Waals surface area (Å²) in [6.07, 6.45) is 3.41. The van der Waals surface area contributed by atoms with Gasteiger partial charge in [-0.2, -0.15) is 0 Å². The monoisotopic (exact) mass is 477 g/mol. The molecule has 0 radical (unpaired) electrons. The van der Waals surface area contributed by atoms with Crippen LogP contribution in [0.15, 0.2) is 66.1 Å². The molecule has 4 nitrogen and oxygen atoms in total. The predicted molar refractivity (Wildman–Crippen MR) is 113 cm³/mol. The number of nitrogens with zero attached hydrogens (tertiary/aromatic N) is 1. The van der Waals surface area contributed by atoms with E-state index in [9.17, 15) is 9.59 Å². The van der Waals surface area contributed by atoms with E-state index in [1.807, 2.05) is 48.5 Å². The van der Waals surface area contributed by atoms with Gasteiger partial charge in [-0.3, -0.25) is 14.5 Å². The lowest BCUT2D eigenvalue weighted by Gasteiger charge is -2.12. The van der Waals surface area contributed by atoms with Crippen molar-refractivity contribution in [3.8, 4) is 5.75 Å². The fraction of sp³-hybridized carbons (Fsp3) is 0.100. The molecular formula is C20H16INO3S. The van der Waals surface area contributed by atoms with E-state index in [0.29, 0.717) is 11.5 Å². The Labute approximate surface area is 170 Å². The number of ether oxygens (including phenoxy) is 1. The van der Waals surface area contributed by atoms with E-state index >= 15 is 0 Å². The number of amides is 2. The van der Waals surface area contributed by atoms with Crippen LogP contribution in [0.25, 0.3) is 6.08 Å². The van der Waals surface area contributed by atoms with Crippen molar-refractivity contribution in [1.82, 2.24) is 4.90 Å². The molecule has 0 bridgehead atoms. The Kier molecular flexibility index (Phi) is 6.16. The van der Waals surface area contributed by atoms with E-state index in [0.717, 1.165) is 32.2 Å². The quantitative estimate of drug-likeness (QED) is 0.330. The van der Waals surface area contributed by atoms with Crippen molar-refractivity contribution >= 4 is 51.6 Å². The second-order valence-electron chi connectivity index (χ2n) is 5.56. The summed E-state index contributed by atoms with van der Waals surface area (Å²) in [7, 11) is 0. The molecule has 132 valence electrons. The first kappa shape index (κ1) is 18.7. The van der Waals surface area contributed by atoms with Gasteiger partial charge in [-0.25, -0.2) is 0 Å². The van der Waals surface area contributed by atoms with Crippen LogP contribution >= 0.6 is 34.4 Å². The normalized spacial score (nSPS) is 15.6. The summed E-state index contributed by atoms with van der Waals surface area (Å²) in [6.45, 7) is 4.33. The van der Waals surface area contributed by atoms with Gasteiger partial charge in [0, 0.05) is 3.57 Å². The zero-order valence-electron chi connectivity index (χ0n) is 13.9. The number of rotatable bonds is 6. The van der Waals surface area contributed by atoms with Gasteiger partial charge in [-0.15, -0.1) is 0 Å². The van der Waals surface area contributed by atoms with Crippen LogP contribution in [-0.4, -0.2) is 22.7 Å². The van der Waals surface area contributed by atoms with Crippen LogP contribution in [0.2, 0.25) is 0 Å². The highest BCUT2D eigenvalue weighted by Crippen LogP contribution is 2.33. The van der Waals surface area contributed by atoms with E-state index in [2.05, 4.69) is 29.2 Å². The van der Waals surface area contributed by atoms with E-state index in [1.54, 1.807) is 12.2 Å². The molecule has 0 atom stereocenters. The maximum atomic E-state index is 12.6. The second-order valence-corrected chi connectivity index (χ2v) is 7.80. The summed E-state index contributed by atoms with van der Waals surface area (Å²) in [6, 6.07) is 15.1. The second kappa shape index (κ2) is 8.55. The third-order valence-electron chi connectivity index (χ3n) is 3.67.